The number of aromatic nitrogens is 2. The maximum absolute atomic E-state index is 5.82. The maximum Gasteiger partial charge on any atom is 0.231 e. The van der Waals surface area contributed by atoms with Crippen molar-refractivity contribution in [2.45, 2.75) is 78.4 Å². The van der Waals surface area contributed by atoms with Gasteiger partial charge >= 0.3 is 0 Å². The second kappa shape index (κ2) is 8.49. The van der Waals surface area contributed by atoms with Crippen molar-refractivity contribution >= 4 is 0 Å². The van der Waals surface area contributed by atoms with Crippen molar-refractivity contribution in [1.29, 1.82) is 0 Å². The van der Waals surface area contributed by atoms with Gasteiger partial charge in [0.05, 0.1) is 5.92 Å². The first-order chi connectivity index (χ1) is 10.0. The minimum atomic E-state index is -0.463. The molecule has 0 aliphatic rings. The van der Waals surface area contributed by atoms with Crippen LogP contribution in [0.3, 0.4) is 0 Å². The molecule has 0 fully saturated rings. The van der Waals surface area contributed by atoms with Gasteiger partial charge in [-0.1, -0.05) is 25.9 Å². The zero-order valence-electron chi connectivity index (χ0n) is 14.4. The number of nitrogens with zero attached hydrogens (tertiary/aromatic N) is 2. The minimum Gasteiger partial charge on any atom is -0.367 e. The summed E-state index contributed by atoms with van der Waals surface area (Å²) < 4.78 is 11.3. The smallest absolute Gasteiger partial charge is 0.231 e. The predicted molar refractivity (Wildman–Crippen MR) is 84.4 cm³/mol. The van der Waals surface area contributed by atoms with E-state index in [1.807, 2.05) is 13.8 Å². The highest BCUT2D eigenvalue weighted by molar-refractivity contribution is 5.04. The Hall–Kier alpha value is -0.940. The molecule has 0 radical (unpaired) electrons. The molecular formula is C16H31N3O2. The molecule has 3 atom stereocenters. The molecule has 0 bridgehead atoms. The van der Waals surface area contributed by atoms with Gasteiger partial charge in [0.15, 0.2) is 0 Å². The molecule has 1 rings (SSSR count). The second-order valence-corrected chi connectivity index (χ2v) is 5.73. The van der Waals surface area contributed by atoms with E-state index in [4.69, 9.17) is 9.26 Å². The molecule has 0 aliphatic heterocycles. The molecule has 0 saturated carbocycles. The van der Waals surface area contributed by atoms with Crippen LogP contribution < -0.4 is 5.32 Å². The third-order valence-corrected chi connectivity index (χ3v) is 4.13. The van der Waals surface area contributed by atoms with Crippen LogP contribution in [0, 0.1) is 0 Å². The highest BCUT2D eigenvalue weighted by atomic mass is 16.5. The largest absolute Gasteiger partial charge is 0.367 e. The van der Waals surface area contributed by atoms with Crippen molar-refractivity contribution in [2.75, 3.05) is 13.2 Å². The van der Waals surface area contributed by atoms with E-state index in [9.17, 15) is 0 Å². The summed E-state index contributed by atoms with van der Waals surface area (Å²) in [6.07, 6.45) is 2.91. The Labute approximate surface area is 128 Å². The van der Waals surface area contributed by atoms with E-state index in [2.05, 4.69) is 43.2 Å². The first-order valence-corrected chi connectivity index (χ1v) is 8.23. The molecule has 0 aromatic carbocycles. The summed E-state index contributed by atoms with van der Waals surface area (Å²) in [5.74, 6) is 1.60. The normalized spacial score (nSPS) is 17.4. The summed E-state index contributed by atoms with van der Waals surface area (Å²) in [6, 6.07) is 0.322. The minimum absolute atomic E-state index is 0.237. The molecule has 1 N–H and O–H groups in total. The monoisotopic (exact) mass is 297 g/mol. The van der Waals surface area contributed by atoms with Crippen LogP contribution in [0.15, 0.2) is 4.52 Å². The van der Waals surface area contributed by atoms with Crippen molar-refractivity contribution in [2.24, 2.45) is 0 Å². The first-order valence-electron chi connectivity index (χ1n) is 8.23. The molecule has 1 aromatic heterocycles. The van der Waals surface area contributed by atoms with Gasteiger partial charge in [-0.25, -0.2) is 0 Å². The van der Waals surface area contributed by atoms with E-state index < -0.39 is 5.60 Å². The fourth-order valence-electron chi connectivity index (χ4n) is 2.50. The van der Waals surface area contributed by atoms with Crippen molar-refractivity contribution in [1.82, 2.24) is 15.5 Å². The molecular weight excluding hydrogens is 266 g/mol. The Morgan fingerprint density at radius 2 is 2.00 bits per heavy atom. The summed E-state index contributed by atoms with van der Waals surface area (Å²) in [5.41, 5.74) is -0.463. The quantitative estimate of drug-likeness (QED) is 0.715. The van der Waals surface area contributed by atoms with Crippen LogP contribution >= 0.6 is 0 Å². The summed E-state index contributed by atoms with van der Waals surface area (Å²) in [6.45, 7) is 14.2. The highest BCUT2D eigenvalue weighted by Gasteiger charge is 2.33. The lowest BCUT2D eigenvalue weighted by Crippen LogP contribution is -2.33. The Balaban J connectivity index is 2.89. The van der Waals surface area contributed by atoms with Gasteiger partial charge in [-0.15, -0.1) is 0 Å². The van der Waals surface area contributed by atoms with E-state index in [1.54, 1.807) is 0 Å². The molecule has 5 heteroatoms. The van der Waals surface area contributed by atoms with Crippen LogP contribution in [0.4, 0.5) is 0 Å². The van der Waals surface area contributed by atoms with Gasteiger partial charge in [0.1, 0.15) is 5.60 Å². The summed E-state index contributed by atoms with van der Waals surface area (Å²) in [5, 5.41) is 7.68. The van der Waals surface area contributed by atoms with E-state index in [0.717, 1.165) is 25.8 Å². The summed E-state index contributed by atoms with van der Waals surface area (Å²) in [4.78, 5) is 4.63. The van der Waals surface area contributed by atoms with Crippen molar-refractivity contribution < 1.29 is 9.26 Å². The average Bonchev–Trinajstić information content (AvgIpc) is 2.96. The topological polar surface area (TPSA) is 60.2 Å². The highest BCUT2D eigenvalue weighted by Crippen LogP contribution is 2.29. The molecule has 3 unspecified atom stereocenters. The van der Waals surface area contributed by atoms with Gasteiger partial charge in [0.2, 0.25) is 11.7 Å². The lowest BCUT2D eigenvalue weighted by atomic mass is 9.97. The van der Waals surface area contributed by atoms with Crippen LogP contribution in [0.2, 0.25) is 0 Å². The standard InChI is InChI=1S/C16H31N3O2/c1-7-11-17-12(5)13(8-2)14-18-15(19-21-14)16(6,9-3)20-10-4/h12-13,17H,7-11H2,1-6H3. The van der Waals surface area contributed by atoms with Gasteiger partial charge in [0.25, 0.3) is 0 Å². The summed E-state index contributed by atoms with van der Waals surface area (Å²) >= 11 is 0. The van der Waals surface area contributed by atoms with Gasteiger partial charge in [-0.2, -0.15) is 4.98 Å². The van der Waals surface area contributed by atoms with E-state index in [-0.39, 0.29) is 5.92 Å². The first kappa shape index (κ1) is 18.1. The van der Waals surface area contributed by atoms with Gasteiger partial charge in [-0.05, 0) is 46.6 Å². The fraction of sp³-hybridized carbons (Fsp3) is 0.875. The summed E-state index contributed by atoms with van der Waals surface area (Å²) in [7, 11) is 0. The lowest BCUT2D eigenvalue weighted by molar-refractivity contribution is -0.0403. The average molecular weight is 297 g/mol. The van der Waals surface area contributed by atoms with Crippen LogP contribution in [-0.4, -0.2) is 29.3 Å². The lowest BCUT2D eigenvalue weighted by Gasteiger charge is -2.24. The van der Waals surface area contributed by atoms with Crippen molar-refractivity contribution in [3.63, 3.8) is 0 Å². The van der Waals surface area contributed by atoms with E-state index >= 15 is 0 Å². The Morgan fingerprint density at radius 3 is 2.52 bits per heavy atom. The van der Waals surface area contributed by atoms with Crippen molar-refractivity contribution in [3.05, 3.63) is 11.7 Å². The number of rotatable bonds is 10. The maximum atomic E-state index is 5.82. The molecule has 5 nitrogen and oxygen atoms in total. The van der Waals surface area contributed by atoms with Crippen LogP contribution in [0.5, 0.6) is 0 Å². The van der Waals surface area contributed by atoms with Crippen LogP contribution in [-0.2, 0) is 10.3 Å². The third-order valence-electron chi connectivity index (χ3n) is 4.13. The zero-order valence-corrected chi connectivity index (χ0v) is 14.4. The third kappa shape index (κ3) is 4.51. The van der Waals surface area contributed by atoms with E-state index in [1.165, 1.54) is 0 Å². The number of hydrogen-bond donors (Lipinski definition) is 1. The molecule has 0 aliphatic carbocycles. The van der Waals surface area contributed by atoms with Crippen LogP contribution in [0.25, 0.3) is 0 Å². The molecule has 21 heavy (non-hydrogen) atoms. The molecule has 0 spiro atoms. The predicted octanol–water partition coefficient (Wildman–Crippen LogP) is 3.61. The molecule has 122 valence electrons. The fourth-order valence-corrected chi connectivity index (χ4v) is 2.50. The van der Waals surface area contributed by atoms with Gasteiger partial charge in [-0.3, -0.25) is 0 Å². The van der Waals surface area contributed by atoms with Gasteiger partial charge in [0, 0.05) is 12.6 Å². The SMILES string of the molecule is CCCNC(C)C(CC)c1nc(C(C)(CC)OCC)no1. The Bertz CT molecular complexity index is 408. The Kier molecular flexibility index (Phi) is 7.32. The van der Waals surface area contributed by atoms with Crippen molar-refractivity contribution in [3.8, 4) is 0 Å². The molecule has 1 heterocycles. The second-order valence-electron chi connectivity index (χ2n) is 5.73. The van der Waals surface area contributed by atoms with Crippen LogP contribution in [0.1, 0.15) is 78.4 Å². The molecule has 0 amide bonds. The molecule has 0 saturated heterocycles. The van der Waals surface area contributed by atoms with E-state index in [0.29, 0.717) is 24.4 Å². The van der Waals surface area contributed by atoms with Gasteiger partial charge < -0.3 is 14.6 Å². The zero-order chi connectivity index (χ0) is 15.9. The molecule has 1 aromatic rings. The number of nitrogens with one attached hydrogen (secondary N) is 1. The Morgan fingerprint density at radius 1 is 1.29 bits per heavy atom. The number of hydrogen-bond acceptors (Lipinski definition) is 5. The number of ether oxygens (including phenoxy) is 1.